The Kier molecular flexibility index (Phi) is 8.45. The van der Waals surface area contributed by atoms with Gasteiger partial charge in [-0.25, -0.2) is 4.99 Å². The summed E-state index contributed by atoms with van der Waals surface area (Å²) < 4.78 is 0. The molecule has 2 N–H and O–H groups in total. The normalized spacial score (nSPS) is 20.4. The van der Waals surface area contributed by atoms with Crippen LogP contribution in [0.2, 0.25) is 0 Å². The van der Waals surface area contributed by atoms with Crippen LogP contribution in [0.25, 0.3) is 0 Å². The maximum Gasteiger partial charge on any atom is 0.191 e. The van der Waals surface area contributed by atoms with Crippen LogP contribution in [0.15, 0.2) is 29.3 Å². The van der Waals surface area contributed by atoms with Crippen molar-refractivity contribution in [1.29, 1.82) is 0 Å². The molecular formula is C19H32IN5. The maximum absolute atomic E-state index is 6.13. The highest BCUT2D eigenvalue weighted by atomic mass is 127. The van der Waals surface area contributed by atoms with Crippen molar-refractivity contribution in [3.05, 3.63) is 35.4 Å². The average molecular weight is 457 g/mol. The number of likely N-dealkylation sites (tertiary alicyclic amines) is 1. The zero-order valence-corrected chi connectivity index (χ0v) is 17.7. The average Bonchev–Trinajstić information content (AvgIpc) is 2.63. The number of rotatable bonds is 4. The Morgan fingerprint density at radius 2 is 1.52 bits per heavy atom. The molecular weight excluding hydrogens is 425 g/mol. The Morgan fingerprint density at radius 3 is 2.16 bits per heavy atom. The fourth-order valence-electron chi connectivity index (χ4n) is 3.41. The minimum absolute atomic E-state index is 0. The van der Waals surface area contributed by atoms with Crippen LogP contribution < -0.4 is 5.73 Å². The Hall–Kier alpha value is -0.860. The van der Waals surface area contributed by atoms with Gasteiger partial charge in [0.25, 0.3) is 0 Å². The first-order valence-electron chi connectivity index (χ1n) is 9.24. The van der Waals surface area contributed by atoms with Crippen LogP contribution >= 0.6 is 24.0 Å². The molecule has 3 rings (SSSR count). The summed E-state index contributed by atoms with van der Waals surface area (Å²) in [5, 5.41) is 0. The monoisotopic (exact) mass is 457 g/mol. The summed E-state index contributed by atoms with van der Waals surface area (Å²) in [6.45, 7) is 8.50. The quantitative estimate of drug-likeness (QED) is 0.429. The number of nitrogens with zero attached hydrogens (tertiary/aromatic N) is 4. The molecule has 0 aliphatic carbocycles. The fourth-order valence-corrected chi connectivity index (χ4v) is 3.41. The Balaban J connectivity index is 0.00000225. The highest BCUT2D eigenvalue weighted by Crippen LogP contribution is 2.11. The van der Waals surface area contributed by atoms with Gasteiger partial charge in [0.05, 0.1) is 6.54 Å². The molecule has 1 aromatic rings. The largest absolute Gasteiger partial charge is 0.370 e. The van der Waals surface area contributed by atoms with Crippen molar-refractivity contribution >= 4 is 29.9 Å². The van der Waals surface area contributed by atoms with E-state index in [4.69, 9.17) is 5.73 Å². The number of piperidine rings is 1. The number of halogens is 1. The molecule has 2 aliphatic rings. The fraction of sp³-hybridized carbons (Fsp3) is 0.632. The predicted octanol–water partition coefficient (Wildman–Crippen LogP) is 2.35. The van der Waals surface area contributed by atoms with Gasteiger partial charge in [-0.3, -0.25) is 4.90 Å². The van der Waals surface area contributed by atoms with Crippen molar-refractivity contribution in [2.75, 3.05) is 46.3 Å². The van der Waals surface area contributed by atoms with Gasteiger partial charge in [-0.1, -0.05) is 24.3 Å². The Bertz CT molecular complexity index is 531. The molecule has 5 nitrogen and oxygen atoms in total. The lowest BCUT2D eigenvalue weighted by molar-refractivity contribution is 0.148. The van der Waals surface area contributed by atoms with E-state index in [1.165, 1.54) is 43.5 Å². The van der Waals surface area contributed by atoms with E-state index in [1.807, 2.05) is 0 Å². The van der Waals surface area contributed by atoms with E-state index in [9.17, 15) is 0 Å². The Morgan fingerprint density at radius 1 is 0.920 bits per heavy atom. The number of benzene rings is 1. The van der Waals surface area contributed by atoms with Crippen LogP contribution in [0.3, 0.4) is 0 Å². The van der Waals surface area contributed by atoms with Gasteiger partial charge < -0.3 is 15.5 Å². The number of piperazine rings is 1. The highest BCUT2D eigenvalue weighted by molar-refractivity contribution is 14.0. The van der Waals surface area contributed by atoms with Crippen LogP contribution in [0.5, 0.6) is 0 Å². The van der Waals surface area contributed by atoms with Crippen molar-refractivity contribution in [3.8, 4) is 0 Å². The van der Waals surface area contributed by atoms with E-state index in [-0.39, 0.29) is 24.0 Å². The van der Waals surface area contributed by atoms with Crippen molar-refractivity contribution in [2.24, 2.45) is 10.7 Å². The third-order valence-electron chi connectivity index (χ3n) is 5.13. The van der Waals surface area contributed by atoms with Gasteiger partial charge in [-0.15, -0.1) is 24.0 Å². The van der Waals surface area contributed by atoms with Crippen LogP contribution in [0.4, 0.5) is 0 Å². The zero-order valence-electron chi connectivity index (χ0n) is 15.4. The lowest BCUT2D eigenvalue weighted by Crippen LogP contribution is -2.43. The molecule has 2 saturated heterocycles. The highest BCUT2D eigenvalue weighted by Gasteiger charge is 2.14. The number of aliphatic imine (C=N–C) groups is 1. The van der Waals surface area contributed by atoms with E-state index in [1.54, 1.807) is 0 Å². The molecule has 0 radical (unpaired) electrons. The summed E-state index contributed by atoms with van der Waals surface area (Å²) >= 11 is 0. The molecule has 1 aromatic carbocycles. The zero-order chi connectivity index (χ0) is 16.8. The molecule has 2 aliphatic heterocycles. The van der Waals surface area contributed by atoms with E-state index in [2.05, 4.69) is 51.0 Å². The van der Waals surface area contributed by atoms with Crippen LogP contribution in [-0.2, 0) is 13.1 Å². The summed E-state index contributed by atoms with van der Waals surface area (Å²) in [7, 11) is 2.20. The van der Waals surface area contributed by atoms with Crippen molar-refractivity contribution in [2.45, 2.75) is 32.4 Å². The molecule has 0 spiro atoms. The first-order valence-corrected chi connectivity index (χ1v) is 9.24. The number of hydrogen-bond acceptors (Lipinski definition) is 3. The van der Waals surface area contributed by atoms with Crippen molar-refractivity contribution in [3.63, 3.8) is 0 Å². The number of likely N-dealkylation sites (N-methyl/N-ethyl adjacent to an activating group) is 1. The molecule has 0 amide bonds. The molecule has 2 fully saturated rings. The summed E-state index contributed by atoms with van der Waals surface area (Å²) in [6, 6.07) is 8.86. The smallest absolute Gasteiger partial charge is 0.191 e. The van der Waals surface area contributed by atoms with E-state index >= 15 is 0 Å². The first kappa shape index (κ1) is 20.5. The molecule has 140 valence electrons. The molecule has 0 bridgehead atoms. The molecule has 0 aromatic heterocycles. The minimum atomic E-state index is 0. The molecule has 0 saturated carbocycles. The molecule has 0 atom stereocenters. The first-order chi connectivity index (χ1) is 11.7. The predicted molar refractivity (Wildman–Crippen MR) is 115 cm³/mol. The van der Waals surface area contributed by atoms with E-state index < -0.39 is 0 Å². The SMILES string of the molecule is CN1CCN(Cc2ccc(CN=C(N)N3CCCCC3)cc2)CC1.I. The minimum Gasteiger partial charge on any atom is -0.370 e. The van der Waals surface area contributed by atoms with Crippen LogP contribution in [0.1, 0.15) is 30.4 Å². The standard InChI is InChI=1S/C19H31N5.HI/c1-22-11-13-23(14-12-22)16-18-7-5-17(6-8-18)15-21-19(20)24-9-3-2-4-10-24;/h5-8H,2-4,9-16H2,1H3,(H2,20,21);1H. The molecule has 2 heterocycles. The van der Waals surface area contributed by atoms with Gasteiger partial charge in [0, 0.05) is 45.8 Å². The molecule has 25 heavy (non-hydrogen) atoms. The summed E-state index contributed by atoms with van der Waals surface area (Å²) in [6.07, 6.45) is 3.78. The van der Waals surface area contributed by atoms with E-state index in [0.717, 1.165) is 32.7 Å². The molecule has 0 unspecified atom stereocenters. The van der Waals surface area contributed by atoms with Gasteiger partial charge in [0.2, 0.25) is 0 Å². The van der Waals surface area contributed by atoms with Crippen molar-refractivity contribution < 1.29 is 0 Å². The van der Waals surface area contributed by atoms with Gasteiger partial charge in [-0.05, 0) is 37.4 Å². The summed E-state index contributed by atoms with van der Waals surface area (Å²) in [5.41, 5.74) is 8.75. The lowest BCUT2D eigenvalue weighted by Gasteiger charge is -2.32. The number of nitrogens with two attached hydrogens (primary N) is 1. The Labute approximate surface area is 169 Å². The number of hydrogen-bond donors (Lipinski definition) is 1. The summed E-state index contributed by atoms with van der Waals surface area (Å²) in [4.78, 5) is 11.7. The lowest BCUT2D eigenvalue weighted by atomic mass is 10.1. The van der Waals surface area contributed by atoms with Gasteiger partial charge in [0.15, 0.2) is 5.96 Å². The third kappa shape index (κ3) is 6.42. The van der Waals surface area contributed by atoms with E-state index in [0.29, 0.717) is 12.5 Å². The second-order valence-electron chi connectivity index (χ2n) is 7.12. The molecule has 6 heteroatoms. The van der Waals surface area contributed by atoms with Gasteiger partial charge >= 0.3 is 0 Å². The second kappa shape index (κ2) is 10.3. The summed E-state index contributed by atoms with van der Waals surface area (Å²) in [5.74, 6) is 0.705. The second-order valence-corrected chi connectivity index (χ2v) is 7.12. The maximum atomic E-state index is 6.13. The van der Waals surface area contributed by atoms with Crippen LogP contribution in [0, 0.1) is 0 Å². The van der Waals surface area contributed by atoms with Gasteiger partial charge in [-0.2, -0.15) is 0 Å². The van der Waals surface area contributed by atoms with Gasteiger partial charge in [0.1, 0.15) is 0 Å². The number of guanidine groups is 1. The van der Waals surface area contributed by atoms with Crippen molar-refractivity contribution in [1.82, 2.24) is 14.7 Å². The topological polar surface area (TPSA) is 48.1 Å². The van der Waals surface area contributed by atoms with Crippen LogP contribution in [-0.4, -0.2) is 67.0 Å². The third-order valence-corrected chi connectivity index (χ3v) is 5.13.